The van der Waals surface area contributed by atoms with Crippen molar-refractivity contribution in [2.45, 2.75) is 38.3 Å². The van der Waals surface area contributed by atoms with Gasteiger partial charge in [0.25, 0.3) is 0 Å². The summed E-state index contributed by atoms with van der Waals surface area (Å²) < 4.78 is 39.0. The Hall–Kier alpha value is -2.00. The molecule has 0 atom stereocenters. The van der Waals surface area contributed by atoms with Crippen LogP contribution in [0.3, 0.4) is 0 Å². The summed E-state index contributed by atoms with van der Waals surface area (Å²) >= 11 is 0. The molecule has 0 unspecified atom stereocenters. The summed E-state index contributed by atoms with van der Waals surface area (Å²) in [5.41, 5.74) is 1.03. The van der Waals surface area contributed by atoms with Crippen LogP contribution in [0.4, 0.5) is 0 Å². The van der Waals surface area contributed by atoms with E-state index in [1.54, 1.807) is 14.2 Å². The van der Waals surface area contributed by atoms with Gasteiger partial charge >= 0.3 is 0 Å². The molecule has 1 aromatic rings. The second-order valence-electron chi connectivity index (χ2n) is 7.09. The Kier molecular flexibility index (Phi) is 9.53. The predicted molar refractivity (Wildman–Crippen MR) is 115 cm³/mol. The molecule has 2 rings (SSSR count). The van der Waals surface area contributed by atoms with Gasteiger partial charge in [-0.2, -0.15) is 0 Å². The highest BCUT2D eigenvalue weighted by molar-refractivity contribution is 7.90. The van der Waals surface area contributed by atoms with Crippen LogP contribution in [0.25, 0.3) is 0 Å². The Bertz CT molecular complexity index is 761. The van der Waals surface area contributed by atoms with E-state index in [2.05, 4.69) is 15.6 Å². The maximum absolute atomic E-state index is 11.1. The number of nitrogens with one attached hydrogen (secondary N) is 2. The number of hydrogen-bond acceptors (Lipinski definition) is 6. The molecule has 0 aromatic heterocycles. The van der Waals surface area contributed by atoms with Crippen molar-refractivity contribution in [3.8, 4) is 11.5 Å². The fourth-order valence-electron chi connectivity index (χ4n) is 3.06. The summed E-state index contributed by atoms with van der Waals surface area (Å²) in [5, 5.41) is 6.42. The first kappa shape index (κ1) is 23.3. The second-order valence-corrected chi connectivity index (χ2v) is 9.35. The van der Waals surface area contributed by atoms with Gasteiger partial charge in [0.15, 0.2) is 5.96 Å². The summed E-state index contributed by atoms with van der Waals surface area (Å²) in [5.74, 6) is 2.28. The van der Waals surface area contributed by atoms with Gasteiger partial charge < -0.3 is 24.8 Å². The standard InChI is InChI=1S/C20H33N3O5S/c1-21-20(22-10-11-27-12-13-29(3,24)25)23-15-16-8-9-18(26-2)14-19(16)28-17-6-4-5-7-17/h8-9,14,17H,4-7,10-13,15H2,1-3H3,(H2,21,22,23). The summed E-state index contributed by atoms with van der Waals surface area (Å²) in [6, 6.07) is 5.85. The molecule has 1 fully saturated rings. The molecule has 0 heterocycles. The normalized spacial score (nSPS) is 15.3. The number of ether oxygens (including phenoxy) is 3. The zero-order chi connectivity index (χ0) is 21.1. The van der Waals surface area contributed by atoms with E-state index in [-0.39, 0.29) is 18.5 Å². The topological polar surface area (TPSA) is 98.3 Å². The largest absolute Gasteiger partial charge is 0.497 e. The lowest BCUT2D eigenvalue weighted by Gasteiger charge is -2.19. The first-order chi connectivity index (χ1) is 13.9. The van der Waals surface area contributed by atoms with Crippen LogP contribution in [-0.2, 0) is 21.1 Å². The molecule has 9 heteroatoms. The molecule has 0 spiro atoms. The zero-order valence-corrected chi connectivity index (χ0v) is 18.4. The van der Waals surface area contributed by atoms with Crippen LogP contribution >= 0.6 is 0 Å². The van der Waals surface area contributed by atoms with E-state index in [9.17, 15) is 8.42 Å². The molecule has 1 aromatic carbocycles. The van der Waals surface area contributed by atoms with Crippen LogP contribution in [0.2, 0.25) is 0 Å². The molecular formula is C20H33N3O5S. The quantitative estimate of drug-likeness (QED) is 0.315. The predicted octanol–water partition coefficient (Wildman–Crippen LogP) is 1.74. The fourth-order valence-corrected chi connectivity index (χ4v) is 3.48. The first-order valence-electron chi connectivity index (χ1n) is 9.95. The van der Waals surface area contributed by atoms with E-state index in [0.29, 0.717) is 25.7 Å². The van der Waals surface area contributed by atoms with E-state index in [1.807, 2.05) is 18.2 Å². The second kappa shape index (κ2) is 11.9. The van der Waals surface area contributed by atoms with Crippen molar-refractivity contribution >= 4 is 15.8 Å². The molecule has 164 valence electrons. The van der Waals surface area contributed by atoms with Crippen LogP contribution in [0, 0.1) is 0 Å². The lowest BCUT2D eigenvalue weighted by molar-refractivity contribution is 0.154. The highest BCUT2D eigenvalue weighted by Crippen LogP contribution is 2.29. The van der Waals surface area contributed by atoms with Crippen LogP contribution in [0.5, 0.6) is 11.5 Å². The van der Waals surface area contributed by atoms with Crippen molar-refractivity contribution in [1.29, 1.82) is 0 Å². The van der Waals surface area contributed by atoms with Gasteiger partial charge in [-0.05, 0) is 37.8 Å². The molecular weight excluding hydrogens is 394 g/mol. The van der Waals surface area contributed by atoms with Gasteiger partial charge in [-0.25, -0.2) is 8.42 Å². The molecule has 8 nitrogen and oxygen atoms in total. The molecule has 1 aliphatic carbocycles. The molecule has 0 radical (unpaired) electrons. The minimum Gasteiger partial charge on any atom is -0.497 e. The van der Waals surface area contributed by atoms with Crippen molar-refractivity contribution in [3.05, 3.63) is 23.8 Å². The summed E-state index contributed by atoms with van der Waals surface area (Å²) in [6.07, 6.45) is 6.07. The molecule has 0 saturated heterocycles. The number of methoxy groups -OCH3 is 1. The molecule has 2 N–H and O–H groups in total. The van der Waals surface area contributed by atoms with Crippen LogP contribution in [-0.4, -0.2) is 66.4 Å². The third-order valence-electron chi connectivity index (χ3n) is 4.68. The van der Waals surface area contributed by atoms with Crippen molar-refractivity contribution in [2.75, 3.05) is 45.9 Å². The Morgan fingerprint density at radius 1 is 1.21 bits per heavy atom. The average molecular weight is 428 g/mol. The van der Waals surface area contributed by atoms with Crippen molar-refractivity contribution in [2.24, 2.45) is 4.99 Å². The van der Waals surface area contributed by atoms with Gasteiger partial charge in [0, 0.05) is 38.0 Å². The lowest BCUT2D eigenvalue weighted by atomic mass is 10.2. The molecule has 0 bridgehead atoms. The minimum atomic E-state index is -2.99. The molecule has 0 aliphatic heterocycles. The SMILES string of the molecule is CN=C(NCCOCCS(C)(=O)=O)NCc1ccc(OC)cc1OC1CCCC1. The van der Waals surface area contributed by atoms with Gasteiger partial charge in [0.1, 0.15) is 21.3 Å². The van der Waals surface area contributed by atoms with Crippen LogP contribution < -0.4 is 20.1 Å². The molecule has 1 saturated carbocycles. The van der Waals surface area contributed by atoms with Crippen molar-refractivity contribution < 1.29 is 22.6 Å². The van der Waals surface area contributed by atoms with Crippen molar-refractivity contribution in [3.63, 3.8) is 0 Å². The minimum absolute atomic E-state index is 0.0290. The third kappa shape index (κ3) is 8.91. The van der Waals surface area contributed by atoms with Gasteiger partial charge in [0.2, 0.25) is 0 Å². The highest BCUT2D eigenvalue weighted by atomic mass is 32.2. The zero-order valence-electron chi connectivity index (χ0n) is 17.6. The van der Waals surface area contributed by atoms with Gasteiger partial charge in [-0.1, -0.05) is 0 Å². The first-order valence-corrected chi connectivity index (χ1v) is 12.0. The number of hydrogen-bond donors (Lipinski definition) is 2. The van der Waals surface area contributed by atoms with E-state index >= 15 is 0 Å². The lowest BCUT2D eigenvalue weighted by Crippen LogP contribution is -2.38. The van der Waals surface area contributed by atoms with E-state index in [0.717, 1.165) is 29.9 Å². The van der Waals surface area contributed by atoms with Crippen LogP contribution in [0.15, 0.2) is 23.2 Å². The Balaban J connectivity index is 1.81. The van der Waals surface area contributed by atoms with Crippen LogP contribution in [0.1, 0.15) is 31.2 Å². The molecule has 29 heavy (non-hydrogen) atoms. The Morgan fingerprint density at radius 2 is 1.97 bits per heavy atom. The summed E-state index contributed by atoms with van der Waals surface area (Å²) in [7, 11) is 0.356. The Labute approximate surface area is 173 Å². The van der Waals surface area contributed by atoms with E-state index in [1.165, 1.54) is 19.1 Å². The van der Waals surface area contributed by atoms with Gasteiger partial charge in [-0.3, -0.25) is 4.99 Å². The number of aliphatic imine (C=N–C) groups is 1. The third-order valence-corrected chi connectivity index (χ3v) is 5.59. The number of nitrogens with zero attached hydrogens (tertiary/aromatic N) is 1. The smallest absolute Gasteiger partial charge is 0.191 e. The number of rotatable bonds is 11. The number of sulfone groups is 1. The Morgan fingerprint density at radius 3 is 2.62 bits per heavy atom. The molecule has 0 amide bonds. The number of guanidine groups is 1. The maximum Gasteiger partial charge on any atom is 0.191 e. The summed E-state index contributed by atoms with van der Waals surface area (Å²) in [4.78, 5) is 4.20. The highest BCUT2D eigenvalue weighted by Gasteiger charge is 2.18. The summed E-state index contributed by atoms with van der Waals surface area (Å²) in [6.45, 7) is 1.67. The van der Waals surface area contributed by atoms with E-state index < -0.39 is 9.84 Å². The van der Waals surface area contributed by atoms with Gasteiger partial charge in [0.05, 0.1) is 32.2 Å². The average Bonchev–Trinajstić information content (AvgIpc) is 3.19. The monoisotopic (exact) mass is 427 g/mol. The van der Waals surface area contributed by atoms with E-state index in [4.69, 9.17) is 14.2 Å². The van der Waals surface area contributed by atoms with Crippen molar-refractivity contribution in [1.82, 2.24) is 10.6 Å². The fraction of sp³-hybridized carbons (Fsp3) is 0.650. The number of benzene rings is 1. The maximum atomic E-state index is 11.1. The molecule has 1 aliphatic rings. The van der Waals surface area contributed by atoms with Gasteiger partial charge in [-0.15, -0.1) is 0 Å².